The van der Waals surface area contributed by atoms with Crippen LogP contribution in [0.4, 0.5) is 0 Å². The normalized spacial score (nSPS) is 19.2. The van der Waals surface area contributed by atoms with Crippen molar-refractivity contribution in [3.63, 3.8) is 0 Å². The van der Waals surface area contributed by atoms with Crippen LogP contribution in [0.2, 0.25) is 0 Å². The Hall–Kier alpha value is -2.17. The number of nitrogens with zero attached hydrogens (tertiary/aromatic N) is 6. The molecule has 0 aliphatic carbocycles. The molecule has 0 aromatic carbocycles. The van der Waals surface area contributed by atoms with Gasteiger partial charge in [0.25, 0.3) is 0 Å². The van der Waals surface area contributed by atoms with E-state index in [1.807, 2.05) is 6.92 Å². The number of fused-ring (bicyclic) bond motifs is 5. The Morgan fingerprint density at radius 3 is 2.86 bits per heavy atom. The third-order valence-electron chi connectivity index (χ3n) is 5.33. The fraction of sp³-hybridized carbons (Fsp3) is 0.444. The van der Waals surface area contributed by atoms with Crippen molar-refractivity contribution < 1.29 is 8.42 Å². The second kappa shape index (κ2) is 6.16. The van der Waals surface area contributed by atoms with Crippen molar-refractivity contribution in [2.24, 2.45) is 0 Å². The first-order valence-electron chi connectivity index (χ1n) is 9.18. The van der Waals surface area contributed by atoms with Gasteiger partial charge in [-0.25, -0.2) is 32.2 Å². The van der Waals surface area contributed by atoms with Crippen molar-refractivity contribution in [3.05, 3.63) is 29.5 Å². The topological polar surface area (TPSA) is 93.4 Å². The minimum Gasteiger partial charge on any atom is -0.242 e. The zero-order valence-corrected chi connectivity index (χ0v) is 17.5. The molecule has 1 atom stereocenters. The molecule has 0 spiro atoms. The number of pyridine rings is 1. The van der Waals surface area contributed by atoms with E-state index in [1.54, 1.807) is 22.2 Å². The predicted molar refractivity (Wildman–Crippen MR) is 109 cm³/mol. The number of sulfonamides is 1. The highest BCUT2D eigenvalue weighted by Gasteiger charge is 2.29. The number of hydrogen-bond acceptors (Lipinski definition) is 7. The molecule has 10 heteroatoms. The minimum absolute atomic E-state index is 0.00471. The summed E-state index contributed by atoms with van der Waals surface area (Å²) in [5.41, 5.74) is 3.80. The number of thiophene rings is 1. The molecule has 8 nitrogen and oxygen atoms in total. The fourth-order valence-corrected chi connectivity index (χ4v) is 6.15. The maximum absolute atomic E-state index is 11.9. The lowest BCUT2D eigenvalue weighted by Gasteiger charge is -2.29. The summed E-state index contributed by atoms with van der Waals surface area (Å²) in [7, 11) is -3.21. The molecule has 4 aromatic rings. The molecule has 0 N–H and O–H groups in total. The highest BCUT2D eigenvalue weighted by molar-refractivity contribution is 7.88. The second-order valence-corrected chi connectivity index (χ2v) is 10.5. The van der Waals surface area contributed by atoms with Crippen LogP contribution in [0.1, 0.15) is 35.8 Å². The summed E-state index contributed by atoms with van der Waals surface area (Å²) in [5, 5.41) is 5.69. The van der Waals surface area contributed by atoms with E-state index in [0.29, 0.717) is 18.9 Å². The zero-order valence-electron chi connectivity index (χ0n) is 15.9. The first kappa shape index (κ1) is 17.9. The number of piperidine rings is 1. The van der Waals surface area contributed by atoms with Crippen molar-refractivity contribution in [3.8, 4) is 0 Å². The Morgan fingerprint density at radius 2 is 2.07 bits per heavy atom. The summed E-state index contributed by atoms with van der Waals surface area (Å²) in [5.74, 6) is 0.677. The third-order valence-corrected chi connectivity index (χ3v) is 7.67. The monoisotopic (exact) mass is 416 g/mol. The molecule has 146 valence electrons. The van der Waals surface area contributed by atoms with Gasteiger partial charge in [-0.2, -0.15) is 0 Å². The minimum atomic E-state index is -3.21. The molecule has 5 rings (SSSR count). The third kappa shape index (κ3) is 2.78. The van der Waals surface area contributed by atoms with E-state index in [9.17, 15) is 8.42 Å². The second-order valence-electron chi connectivity index (χ2n) is 7.48. The Bertz CT molecular complexity index is 1340. The van der Waals surface area contributed by atoms with E-state index in [0.717, 1.165) is 50.2 Å². The van der Waals surface area contributed by atoms with Crippen molar-refractivity contribution in [1.82, 2.24) is 28.9 Å². The van der Waals surface area contributed by atoms with Gasteiger partial charge >= 0.3 is 0 Å². The van der Waals surface area contributed by atoms with Crippen LogP contribution in [-0.4, -0.2) is 56.6 Å². The molecule has 1 fully saturated rings. The maximum atomic E-state index is 11.9. The Morgan fingerprint density at radius 1 is 1.25 bits per heavy atom. The van der Waals surface area contributed by atoms with Crippen LogP contribution in [-0.2, 0) is 10.0 Å². The summed E-state index contributed by atoms with van der Waals surface area (Å²) >= 11 is 1.58. The van der Waals surface area contributed by atoms with Crippen molar-refractivity contribution in [1.29, 1.82) is 0 Å². The number of aryl methyl sites for hydroxylation is 2. The molecule has 4 aromatic heterocycles. The summed E-state index contributed by atoms with van der Waals surface area (Å²) in [4.78, 5) is 15.0. The maximum Gasteiger partial charge on any atom is 0.211 e. The van der Waals surface area contributed by atoms with Gasteiger partial charge in [-0.1, -0.05) is 0 Å². The molecular formula is C18H20N6O2S2. The first-order valence-corrected chi connectivity index (χ1v) is 11.8. The molecule has 1 aliphatic rings. The molecule has 1 saturated heterocycles. The van der Waals surface area contributed by atoms with E-state index in [2.05, 4.69) is 28.1 Å². The molecule has 0 unspecified atom stereocenters. The van der Waals surface area contributed by atoms with Gasteiger partial charge in [0.1, 0.15) is 15.9 Å². The standard InChI is InChI=1S/C18H20N6O2S2/c1-10-7-11(2)20-18-13(10)14-15(27-18)17-21-16(22-24(17)9-19-14)12-5-4-6-23(8-12)28(3,25)26/h7,9,12H,4-6,8H2,1-3H3/t12-/m0/s1. The molecule has 0 radical (unpaired) electrons. The van der Waals surface area contributed by atoms with Crippen LogP contribution in [0.15, 0.2) is 12.4 Å². The van der Waals surface area contributed by atoms with Gasteiger partial charge in [0.2, 0.25) is 10.0 Å². The van der Waals surface area contributed by atoms with Gasteiger partial charge < -0.3 is 0 Å². The van der Waals surface area contributed by atoms with Crippen LogP contribution in [0.3, 0.4) is 0 Å². The van der Waals surface area contributed by atoms with Gasteiger partial charge in [0.15, 0.2) is 11.5 Å². The average Bonchev–Trinajstić information content (AvgIpc) is 3.21. The smallest absolute Gasteiger partial charge is 0.211 e. The van der Waals surface area contributed by atoms with Gasteiger partial charge in [-0.05, 0) is 38.3 Å². The lowest BCUT2D eigenvalue weighted by atomic mass is 9.99. The van der Waals surface area contributed by atoms with Crippen LogP contribution >= 0.6 is 11.3 Å². The average molecular weight is 417 g/mol. The Balaban J connectivity index is 1.65. The highest BCUT2D eigenvalue weighted by Crippen LogP contribution is 2.36. The quantitative estimate of drug-likeness (QED) is 0.499. The zero-order chi connectivity index (χ0) is 19.6. The molecule has 5 heterocycles. The largest absolute Gasteiger partial charge is 0.242 e. The van der Waals surface area contributed by atoms with Crippen LogP contribution in [0.5, 0.6) is 0 Å². The van der Waals surface area contributed by atoms with E-state index in [1.165, 1.54) is 10.6 Å². The number of aromatic nitrogens is 5. The van der Waals surface area contributed by atoms with Crippen LogP contribution in [0.25, 0.3) is 26.1 Å². The lowest BCUT2D eigenvalue weighted by Crippen LogP contribution is -2.38. The molecule has 0 amide bonds. The van der Waals surface area contributed by atoms with Crippen LogP contribution in [0, 0.1) is 13.8 Å². The molecule has 28 heavy (non-hydrogen) atoms. The summed E-state index contributed by atoms with van der Waals surface area (Å²) < 4.78 is 28.1. The Labute approximate surface area is 166 Å². The molecular weight excluding hydrogens is 396 g/mol. The van der Waals surface area contributed by atoms with Crippen molar-refractivity contribution in [2.75, 3.05) is 19.3 Å². The van der Waals surface area contributed by atoms with E-state index >= 15 is 0 Å². The SMILES string of the molecule is Cc1cc(C)c2c(n1)sc1c2ncn2nc([C@H]3CCCN(S(C)(=O)=O)C3)nc12. The fourth-order valence-electron chi connectivity index (χ4n) is 4.01. The van der Waals surface area contributed by atoms with Gasteiger partial charge in [-0.3, -0.25) is 0 Å². The van der Waals surface area contributed by atoms with E-state index < -0.39 is 10.0 Å². The van der Waals surface area contributed by atoms with Gasteiger partial charge in [-0.15, -0.1) is 16.4 Å². The molecule has 1 aliphatic heterocycles. The van der Waals surface area contributed by atoms with Crippen molar-refractivity contribution in [2.45, 2.75) is 32.6 Å². The van der Waals surface area contributed by atoms with Crippen LogP contribution < -0.4 is 0 Å². The molecule has 0 saturated carbocycles. The summed E-state index contributed by atoms with van der Waals surface area (Å²) in [6.07, 6.45) is 4.64. The summed E-state index contributed by atoms with van der Waals surface area (Å²) in [6, 6.07) is 2.07. The van der Waals surface area contributed by atoms with Crippen molar-refractivity contribution >= 4 is 47.4 Å². The van der Waals surface area contributed by atoms with E-state index in [-0.39, 0.29) is 5.92 Å². The predicted octanol–water partition coefficient (Wildman–Crippen LogP) is 2.64. The lowest BCUT2D eigenvalue weighted by molar-refractivity contribution is 0.311. The van der Waals surface area contributed by atoms with E-state index in [4.69, 9.17) is 4.98 Å². The van der Waals surface area contributed by atoms with Gasteiger partial charge in [0, 0.05) is 30.1 Å². The number of rotatable bonds is 2. The van der Waals surface area contributed by atoms with Gasteiger partial charge in [0.05, 0.1) is 11.8 Å². The first-order chi connectivity index (χ1) is 13.3. The number of hydrogen-bond donors (Lipinski definition) is 0. The molecule has 0 bridgehead atoms. The summed E-state index contributed by atoms with van der Waals surface area (Å²) in [6.45, 7) is 5.06. The highest BCUT2D eigenvalue weighted by atomic mass is 32.2. The Kier molecular flexibility index (Phi) is 3.94.